The molecule has 0 spiro atoms. The Kier molecular flexibility index (Phi) is 15.1. The zero-order chi connectivity index (χ0) is 15.1. The summed E-state index contributed by atoms with van der Waals surface area (Å²) in [6, 6.07) is 0. The summed E-state index contributed by atoms with van der Waals surface area (Å²) in [5.41, 5.74) is 0. The number of nitrogens with zero attached hydrogens (tertiary/aromatic N) is 2. The maximum absolute atomic E-state index is 3.53. The zero-order valence-electron chi connectivity index (χ0n) is 14.4. The summed E-state index contributed by atoms with van der Waals surface area (Å²) in [5, 5.41) is 7.04. The van der Waals surface area contributed by atoms with Crippen molar-refractivity contribution in [2.24, 2.45) is 0 Å². The van der Waals surface area contributed by atoms with Crippen LogP contribution in [-0.2, 0) is 0 Å². The van der Waals surface area contributed by atoms with Crippen molar-refractivity contribution in [2.75, 3.05) is 65.4 Å². The lowest BCUT2D eigenvalue weighted by molar-refractivity contribution is 0.273. The van der Waals surface area contributed by atoms with Crippen molar-refractivity contribution >= 4 is 0 Å². The van der Waals surface area contributed by atoms with Crippen LogP contribution >= 0.6 is 0 Å². The van der Waals surface area contributed by atoms with E-state index in [0.717, 1.165) is 45.8 Å². The lowest BCUT2D eigenvalue weighted by atomic mass is 10.3. The first-order valence-corrected chi connectivity index (χ1v) is 8.64. The van der Waals surface area contributed by atoms with Gasteiger partial charge in [-0.05, 0) is 39.0 Å². The molecule has 0 aliphatic rings. The molecular formula is C16H38N4. The molecule has 0 saturated heterocycles. The molecule has 0 saturated carbocycles. The van der Waals surface area contributed by atoms with Gasteiger partial charge in [0.1, 0.15) is 0 Å². The first-order valence-electron chi connectivity index (χ1n) is 8.64. The quantitative estimate of drug-likeness (QED) is 0.448. The zero-order valence-corrected chi connectivity index (χ0v) is 14.4. The number of hydrogen-bond acceptors (Lipinski definition) is 4. The van der Waals surface area contributed by atoms with Crippen LogP contribution in [0.25, 0.3) is 0 Å². The van der Waals surface area contributed by atoms with E-state index in [0.29, 0.717) is 0 Å². The Morgan fingerprint density at radius 3 is 1.40 bits per heavy atom. The smallest absolute Gasteiger partial charge is 0.0107 e. The Morgan fingerprint density at radius 1 is 0.550 bits per heavy atom. The standard InChI is InChI=1S/C16H38N4/c1-5-13-20(14-6-2)16-12-18-10-9-17-11-15-19(7-3)8-4/h17-18H,5-16H2,1-4H3. The summed E-state index contributed by atoms with van der Waals surface area (Å²) in [4.78, 5) is 5.01. The summed E-state index contributed by atoms with van der Waals surface area (Å²) < 4.78 is 0. The van der Waals surface area contributed by atoms with E-state index in [1.54, 1.807) is 0 Å². The van der Waals surface area contributed by atoms with Crippen molar-refractivity contribution in [1.29, 1.82) is 0 Å². The molecule has 0 bridgehead atoms. The average molecular weight is 287 g/mol. The first-order chi connectivity index (χ1) is 9.78. The van der Waals surface area contributed by atoms with Crippen LogP contribution in [0.5, 0.6) is 0 Å². The molecule has 0 unspecified atom stereocenters. The fourth-order valence-corrected chi connectivity index (χ4v) is 2.41. The Hall–Kier alpha value is -0.160. The number of likely N-dealkylation sites (N-methyl/N-ethyl adjacent to an activating group) is 1. The summed E-state index contributed by atoms with van der Waals surface area (Å²) in [6.07, 6.45) is 2.51. The van der Waals surface area contributed by atoms with E-state index < -0.39 is 0 Å². The number of hydrogen-bond donors (Lipinski definition) is 2. The van der Waals surface area contributed by atoms with E-state index in [-0.39, 0.29) is 0 Å². The molecule has 0 radical (unpaired) electrons. The van der Waals surface area contributed by atoms with E-state index in [9.17, 15) is 0 Å². The van der Waals surface area contributed by atoms with E-state index in [1.807, 2.05) is 0 Å². The highest BCUT2D eigenvalue weighted by Gasteiger charge is 2.01. The van der Waals surface area contributed by atoms with Crippen molar-refractivity contribution < 1.29 is 0 Å². The van der Waals surface area contributed by atoms with Gasteiger partial charge in [-0.2, -0.15) is 0 Å². The average Bonchev–Trinajstić information content (AvgIpc) is 2.46. The number of rotatable bonds is 15. The fourth-order valence-electron chi connectivity index (χ4n) is 2.41. The maximum atomic E-state index is 3.53. The van der Waals surface area contributed by atoms with Gasteiger partial charge in [-0.15, -0.1) is 0 Å². The molecule has 4 nitrogen and oxygen atoms in total. The molecule has 0 aliphatic carbocycles. The van der Waals surface area contributed by atoms with Crippen LogP contribution < -0.4 is 10.6 Å². The number of nitrogens with one attached hydrogen (secondary N) is 2. The van der Waals surface area contributed by atoms with Crippen molar-refractivity contribution in [3.8, 4) is 0 Å². The Labute approximate surface area is 127 Å². The largest absolute Gasteiger partial charge is 0.314 e. The molecule has 0 fully saturated rings. The topological polar surface area (TPSA) is 30.5 Å². The van der Waals surface area contributed by atoms with Crippen molar-refractivity contribution in [3.63, 3.8) is 0 Å². The molecule has 0 aromatic carbocycles. The Balaban J connectivity index is 3.34. The van der Waals surface area contributed by atoms with E-state index in [1.165, 1.54) is 32.5 Å². The van der Waals surface area contributed by atoms with Gasteiger partial charge in [-0.25, -0.2) is 0 Å². The normalized spacial score (nSPS) is 11.7. The maximum Gasteiger partial charge on any atom is 0.0107 e. The van der Waals surface area contributed by atoms with Crippen LogP contribution in [0.4, 0.5) is 0 Å². The van der Waals surface area contributed by atoms with Gasteiger partial charge in [0.25, 0.3) is 0 Å². The second-order valence-electron chi connectivity index (χ2n) is 5.37. The highest BCUT2D eigenvalue weighted by molar-refractivity contribution is 4.60. The molecular weight excluding hydrogens is 248 g/mol. The fraction of sp³-hybridized carbons (Fsp3) is 1.00. The molecule has 0 aromatic heterocycles. The second-order valence-corrected chi connectivity index (χ2v) is 5.37. The molecule has 0 heterocycles. The monoisotopic (exact) mass is 286 g/mol. The van der Waals surface area contributed by atoms with Crippen LogP contribution in [0.3, 0.4) is 0 Å². The molecule has 0 aromatic rings. The lowest BCUT2D eigenvalue weighted by Gasteiger charge is -2.21. The Morgan fingerprint density at radius 2 is 1.00 bits per heavy atom. The molecule has 4 heteroatoms. The second kappa shape index (κ2) is 15.2. The molecule has 0 atom stereocenters. The predicted octanol–water partition coefficient (Wildman–Crippen LogP) is 1.63. The van der Waals surface area contributed by atoms with Crippen molar-refractivity contribution in [1.82, 2.24) is 20.4 Å². The van der Waals surface area contributed by atoms with Gasteiger partial charge in [0.15, 0.2) is 0 Å². The highest BCUT2D eigenvalue weighted by Crippen LogP contribution is 1.92. The van der Waals surface area contributed by atoms with E-state index in [4.69, 9.17) is 0 Å². The van der Waals surface area contributed by atoms with Crippen LogP contribution in [0.1, 0.15) is 40.5 Å². The van der Waals surface area contributed by atoms with Gasteiger partial charge in [-0.3, -0.25) is 0 Å². The van der Waals surface area contributed by atoms with Gasteiger partial charge >= 0.3 is 0 Å². The molecule has 20 heavy (non-hydrogen) atoms. The lowest BCUT2D eigenvalue weighted by Crippen LogP contribution is -2.37. The van der Waals surface area contributed by atoms with Crippen LogP contribution in [0.2, 0.25) is 0 Å². The van der Waals surface area contributed by atoms with Crippen molar-refractivity contribution in [2.45, 2.75) is 40.5 Å². The summed E-state index contributed by atoms with van der Waals surface area (Å²) in [7, 11) is 0. The minimum absolute atomic E-state index is 1.07. The summed E-state index contributed by atoms with van der Waals surface area (Å²) in [5.74, 6) is 0. The third-order valence-electron chi connectivity index (χ3n) is 3.66. The SMILES string of the molecule is CCCN(CCC)CCNCCNCCN(CC)CC. The summed E-state index contributed by atoms with van der Waals surface area (Å²) >= 11 is 0. The van der Waals surface area contributed by atoms with Crippen LogP contribution in [0, 0.1) is 0 Å². The van der Waals surface area contributed by atoms with Crippen LogP contribution in [-0.4, -0.2) is 75.2 Å². The highest BCUT2D eigenvalue weighted by atomic mass is 15.1. The third kappa shape index (κ3) is 11.6. The molecule has 0 aliphatic heterocycles. The molecule has 122 valence electrons. The van der Waals surface area contributed by atoms with Gasteiger partial charge in [0, 0.05) is 39.3 Å². The Bertz CT molecular complexity index is 177. The minimum atomic E-state index is 1.07. The van der Waals surface area contributed by atoms with Crippen LogP contribution in [0.15, 0.2) is 0 Å². The van der Waals surface area contributed by atoms with Crippen molar-refractivity contribution in [3.05, 3.63) is 0 Å². The predicted molar refractivity (Wildman–Crippen MR) is 90.5 cm³/mol. The van der Waals surface area contributed by atoms with Gasteiger partial charge in [0.05, 0.1) is 0 Å². The molecule has 2 N–H and O–H groups in total. The van der Waals surface area contributed by atoms with E-state index >= 15 is 0 Å². The van der Waals surface area contributed by atoms with Gasteiger partial charge < -0.3 is 20.4 Å². The molecule has 0 rings (SSSR count). The summed E-state index contributed by atoms with van der Waals surface area (Å²) in [6.45, 7) is 20.4. The van der Waals surface area contributed by atoms with Gasteiger partial charge in [-0.1, -0.05) is 27.7 Å². The third-order valence-corrected chi connectivity index (χ3v) is 3.66. The molecule has 0 amide bonds. The van der Waals surface area contributed by atoms with E-state index in [2.05, 4.69) is 48.1 Å². The minimum Gasteiger partial charge on any atom is -0.314 e. The van der Waals surface area contributed by atoms with Gasteiger partial charge in [0.2, 0.25) is 0 Å². The first kappa shape index (κ1) is 19.8.